The van der Waals surface area contributed by atoms with Gasteiger partial charge in [-0.1, -0.05) is 29.8 Å². The number of carbonyl (C=O) groups is 3. The van der Waals surface area contributed by atoms with E-state index in [9.17, 15) is 14.4 Å². The van der Waals surface area contributed by atoms with E-state index in [-0.39, 0.29) is 5.92 Å². The first-order valence-electron chi connectivity index (χ1n) is 5.13. The van der Waals surface area contributed by atoms with E-state index in [2.05, 4.69) is 15.9 Å². The van der Waals surface area contributed by atoms with Gasteiger partial charge in [-0.05, 0) is 5.92 Å². The third-order valence-electron chi connectivity index (χ3n) is 2.31. The molecule has 0 heterocycles. The van der Waals surface area contributed by atoms with Gasteiger partial charge in [0.2, 0.25) is 0 Å². The lowest BCUT2D eigenvalue weighted by Gasteiger charge is -2.19. The normalized spacial score (nSPS) is 16.4. The van der Waals surface area contributed by atoms with E-state index in [1.807, 2.05) is 0 Å². The Kier molecular flexibility index (Phi) is 6.51. The van der Waals surface area contributed by atoms with Crippen molar-refractivity contribution in [1.82, 2.24) is 0 Å². The van der Waals surface area contributed by atoms with Crippen molar-refractivity contribution < 1.29 is 19.5 Å². The van der Waals surface area contributed by atoms with Gasteiger partial charge < -0.3 is 16.6 Å². The number of carboxylic acid groups (broad SMARTS) is 1. The topological polar surface area (TPSA) is 123 Å². The Bertz CT molecular complexity index is 319. The van der Waals surface area contributed by atoms with Gasteiger partial charge in [-0.15, -0.1) is 0 Å². The first kappa shape index (κ1) is 16.2. The predicted octanol–water partition coefficient (Wildman–Crippen LogP) is -0.327. The van der Waals surface area contributed by atoms with Gasteiger partial charge in [0.25, 0.3) is 0 Å². The fraction of sp³-hybridized carbons (Fsp3) is 0.700. The van der Waals surface area contributed by atoms with Crippen molar-refractivity contribution in [3.05, 3.63) is 0 Å². The van der Waals surface area contributed by atoms with Gasteiger partial charge in [-0.2, -0.15) is 0 Å². The highest BCUT2D eigenvalue weighted by atomic mass is 79.9. The minimum absolute atomic E-state index is 0.106. The Morgan fingerprint density at radius 3 is 2.00 bits per heavy atom. The molecule has 0 aromatic rings. The molecule has 2 unspecified atom stereocenters. The number of rotatable bonds is 7. The van der Waals surface area contributed by atoms with Crippen LogP contribution in [0.1, 0.15) is 20.3 Å². The molecular formula is C10H17BrN2O4. The Labute approximate surface area is 108 Å². The number of carboxylic acids is 1. The van der Waals surface area contributed by atoms with Crippen molar-refractivity contribution in [3.8, 4) is 0 Å². The van der Waals surface area contributed by atoms with Crippen LogP contribution in [0.15, 0.2) is 0 Å². The number of Topliss-reactive ketones (excluding diaryl/α,β-unsaturated/α-hetero) is 2. The molecule has 0 bridgehead atoms. The molecule has 0 radical (unpaired) electrons. The summed E-state index contributed by atoms with van der Waals surface area (Å²) in [5.41, 5.74) is 11.0. The summed E-state index contributed by atoms with van der Waals surface area (Å²) in [6.45, 7) is 3.51. The molecule has 0 aromatic heterocycles. The van der Waals surface area contributed by atoms with E-state index in [1.165, 1.54) is 0 Å². The highest BCUT2D eigenvalue weighted by Crippen LogP contribution is 2.12. The van der Waals surface area contributed by atoms with Crippen molar-refractivity contribution in [2.75, 3.05) is 0 Å². The molecule has 7 heteroatoms. The minimum atomic E-state index is -1.21. The number of ketones is 2. The lowest BCUT2D eigenvalue weighted by molar-refractivity contribution is -0.139. The van der Waals surface area contributed by atoms with E-state index in [0.717, 1.165) is 0 Å². The van der Waals surface area contributed by atoms with Gasteiger partial charge >= 0.3 is 5.97 Å². The molecule has 0 aliphatic carbocycles. The molecule has 0 aromatic carbocycles. The maximum atomic E-state index is 11.7. The summed E-state index contributed by atoms with van der Waals surface area (Å²) in [4.78, 5) is 32.6. The average molecular weight is 309 g/mol. The third-order valence-corrected chi connectivity index (χ3v) is 3.21. The van der Waals surface area contributed by atoms with Crippen LogP contribution in [0.2, 0.25) is 0 Å². The van der Waals surface area contributed by atoms with Crippen molar-refractivity contribution in [3.63, 3.8) is 0 Å². The molecular weight excluding hydrogens is 292 g/mol. The largest absolute Gasteiger partial charge is 0.481 e. The monoisotopic (exact) mass is 308 g/mol. The summed E-state index contributed by atoms with van der Waals surface area (Å²) in [7, 11) is 0. The van der Waals surface area contributed by atoms with Crippen molar-refractivity contribution >= 4 is 33.5 Å². The van der Waals surface area contributed by atoms with Crippen LogP contribution in [0.5, 0.6) is 0 Å². The number of halogens is 1. The Morgan fingerprint density at radius 1 is 1.18 bits per heavy atom. The molecule has 0 aliphatic rings. The van der Waals surface area contributed by atoms with Gasteiger partial charge in [0, 0.05) is 0 Å². The number of nitrogens with two attached hydrogens (primary N) is 2. The Hall–Kier alpha value is -0.790. The van der Waals surface area contributed by atoms with Crippen LogP contribution in [0.4, 0.5) is 0 Å². The number of hydrogen-bond acceptors (Lipinski definition) is 5. The zero-order valence-electron chi connectivity index (χ0n) is 9.72. The summed E-state index contributed by atoms with van der Waals surface area (Å²) >= 11 is 2.92. The second kappa shape index (κ2) is 6.83. The van der Waals surface area contributed by atoms with Crippen LogP contribution in [-0.2, 0) is 14.4 Å². The van der Waals surface area contributed by atoms with Gasteiger partial charge in [0.1, 0.15) is 4.83 Å². The SMILES string of the molecule is CC(C)[C@H](N)C(=O)C(Br)C(=O)C(N)CC(=O)O. The summed E-state index contributed by atoms with van der Waals surface area (Å²) in [6.07, 6.45) is -0.509. The van der Waals surface area contributed by atoms with Crippen LogP contribution in [0, 0.1) is 5.92 Å². The van der Waals surface area contributed by atoms with Gasteiger partial charge in [0.05, 0.1) is 18.5 Å². The average Bonchev–Trinajstić information content (AvgIpc) is 2.23. The summed E-state index contributed by atoms with van der Waals surface area (Å²) in [5.74, 6) is -2.43. The molecule has 0 aliphatic heterocycles. The maximum Gasteiger partial charge on any atom is 0.305 e. The van der Waals surface area contributed by atoms with Crippen LogP contribution in [0.3, 0.4) is 0 Å². The van der Waals surface area contributed by atoms with Crippen LogP contribution < -0.4 is 11.5 Å². The van der Waals surface area contributed by atoms with Crippen LogP contribution in [0.25, 0.3) is 0 Å². The standard InChI is InChI=1S/C10H17BrN2O4/c1-4(2)8(13)10(17)7(11)9(16)5(12)3-6(14)15/h4-5,7-8H,3,12-13H2,1-2H3,(H,14,15)/t5?,7?,8-/m0/s1. The quantitative estimate of drug-likeness (QED) is 0.437. The van der Waals surface area contributed by atoms with Crippen molar-refractivity contribution in [2.45, 2.75) is 37.2 Å². The highest BCUT2D eigenvalue weighted by Gasteiger charge is 2.33. The number of aliphatic carboxylic acids is 1. The summed E-state index contributed by atoms with van der Waals surface area (Å²) in [5, 5.41) is 8.49. The second-order valence-electron chi connectivity index (χ2n) is 4.14. The maximum absolute atomic E-state index is 11.7. The molecule has 0 saturated carbocycles. The fourth-order valence-corrected chi connectivity index (χ4v) is 1.76. The zero-order valence-corrected chi connectivity index (χ0v) is 11.3. The van der Waals surface area contributed by atoms with E-state index >= 15 is 0 Å². The van der Waals surface area contributed by atoms with Crippen LogP contribution >= 0.6 is 15.9 Å². The smallest absolute Gasteiger partial charge is 0.305 e. The molecule has 6 nitrogen and oxygen atoms in total. The minimum Gasteiger partial charge on any atom is -0.481 e. The molecule has 98 valence electrons. The van der Waals surface area contributed by atoms with Gasteiger partial charge in [-0.25, -0.2) is 0 Å². The molecule has 0 rings (SSSR count). The van der Waals surface area contributed by atoms with E-state index in [4.69, 9.17) is 16.6 Å². The molecule has 0 spiro atoms. The number of alkyl halides is 1. The lowest BCUT2D eigenvalue weighted by Crippen LogP contribution is -2.47. The molecule has 5 N–H and O–H groups in total. The second-order valence-corrected chi connectivity index (χ2v) is 5.06. The molecule has 17 heavy (non-hydrogen) atoms. The van der Waals surface area contributed by atoms with Crippen LogP contribution in [-0.4, -0.2) is 39.6 Å². The van der Waals surface area contributed by atoms with E-state index < -0.39 is 40.9 Å². The van der Waals surface area contributed by atoms with Crippen molar-refractivity contribution in [1.29, 1.82) is 0 Å². The number of hydrogen-bond donors (Lipinski definition) is 3. The molecule has 0 amide bonds. The molecule has 3 atom stereocenters. The molecule has 0 saturated heterocycles. The fourth-order valence-electron chi connectivity index (χ4n) is 1.11. The Morgan fingerprint density at radius 2 is 1.65 bits per heavy atom. The molecule has 0 fully saturated rings. The van der Waals surface area contributed by atoms with Gasteiger partial charge in [0.15, 0.2) is 11.6 Å². The Balaban J connectivity index is 4.59. The summed E-state index contributed by atoms with van der Waals surface area (Å²) in [6, 6.07) is -1.99. The predicted molar refractivity (Wildman–Crippen MR) is 65.8 cm³/mol. The van der Waals surface area contributed by atoms with E-state index in [0.29, 0.717) is 0 Å². The number of carbonyl (C=O) groups excluding carboxylic acids is 2. The van der Waals surface area contributed by atoms with Gasteiger partial charge in [-0.3, -0.25) is 14.4 Å². The van der Waals surface area contributed by atoms with E-state index in [1.54, 1.807) is 13.8 Å². The third kappa shape index (κ3) is 4.93. The first-order chi connectivity index (χ1) is 7.68. The summed E-state index contributed by atoms with van der Waals surface area (Å²) < 4.78 is 0. The lowest BCUT2D eigenvalue weighted by atomic mass is 9.95. The zero-order chi connectivity index (χ0) is 13.7. The first-order valence-corrected chi connectivity index (χ1v) is 6.04. The highest BCUT2D eigenvalue weighted by molar-refractivity contribution is 9.10. The van der Waals surface area contributed by atoms with Crippen molar-refractivity contribution in [2.24, 2.45) is 17.4 Å².